The molecule has 0 amide bonds. The molecule has 15 heavy (non-hydrogen) atoms. The molecule has 1 aromatic rings. The Morgan fingerprint density at radius 3 is 3.07 bits per heavy atom. The highest BCUT2D eigenvalue weighted by Crippen LogP contribution is 1.93. The number of hydrogen-bond donors (Lipinski definition) is 3. The Kier molecular flexibility index (Phi) is 5.23. The fourth-order valence-electron chi connectivity index (χ4n) is 1.14. The van der Waals surface area contributed by atoms with E-state index < -0.39 is 0 Å². The molecule has 0 aromatic carbocycles. The third-order valence-corrected chi connectivity index (χ3v) is 2.07. The van der Waals surface area contributed by atoms with Crippen LogP contribution in [0.15, 0.2) is 6.20 Å². The molecule has 6 heteroatoms. The van der Waals surface area contributed by atoms with Gasteiger partial charge in [0.15, 0.2) is 0 Å². The maximum Gasteiger partial charge on any atom is 0.0964 e. The van der Waals surface area contributed by atoms with Crippen molar-refractivity contribution in [3.05, 3.63) is 11.9 Å². The van der Waals surface area contributed by atoms with Gasteiger partial charge in [0, 0.05) is 19.3 Å². The van der Waals surface area contributed by atoms with Crippen molar-refractivity contribution in [2.75, 3.05) is 13.2 Å². The van der Waals surface area contributed by atoms with Crippen molar-refractivity contribution < 1.29 is 10.2 Å². The zero-order chi connectivity index (χ0) is 11.1. The molecule has 0 aliphatic carbocycles. The second-order valence-corrected chi connectivity index (χ2v) is 3.39. The second kappa shape index (κ2) is 6.49. The van der Waals surface area contributed by atoms with Crippen LogP contribution in [-0.4, -0.2) is 44.5 Å². The number of rotatable bonds is 7. The number of nitrogens with one attached hydrogen (secondary N) is 1. The fraction of sp³-hybridized carbons (Fsp3) is 0.778. The van der Waals surface area contributed by atoms with Gasteiger partial charge >= 0.3 is 0 Å². The van der Waals surface area contributed by atoms with Crippen molar-refractivity contribution in [1.82, 2.24) is 20.3 Å². The summed E-state index contributed by atoms with van der Waals surface area (Å²) in [5.74, 6) is 0. The molecule has 1 unspecified atom stereocenters. The van der Waals surface area contributed by atoms with E-state index in [1.807, 2.05) is 6.92 Å². The lowest BCUT2D eigenvalue weighted by atomic mass is 10.3. The smallest absolute Gasteiger partial charge is 0.0964 e. The Balaban J connectivity index is 2.25. The average Bonchev–Trinajstić information content (AvgIpc) is 2.66. The van der Waals surface area contributed by atoms with Crippen LogP contribution in [0.2, 0.25) is 0 Å². The third-order valence-electron chi connectivity index (χ3n) is 2.07. The highest BCUT2D eigenvalue weighted by atomic mass is 16.3. The highest BCUT2D eigenvalue weighted by molar-refractivity contribution is 4.91. The van der Waals surface area contributed by atoms with Crippen molar-refractivity contribution in [2.24, 2.45) is 0 Å². The first kappa shape index (κ1) is 12.1. The lowest BCUT2D eigenvalue weighted by Gasteiger charge is -2.07. The van der Waals surface area contributed by atoms with Crippen molar-refractivity contribution >= 4 is 0 Å². The zero-order valence-electron chi connectivity index (χ0n) is 8.93. The molecule has 0 saturated carbocycles. The van der Waals surface area contributed by atoms with E-state index in [9.17, 15) is 5.11 Å². The number of hydrogen-bond acceptors (Lipinski definition) is 5. The highest BCUT2D eigenvalue weighted by Gasteiger charge is 2.02. The first-order chi connectivity index (χ1) is 7.26. The van der Waals surface area contributed by atoms with E-state index in [1.54, 1.807) is 10.9 Å². The Morgan fingerprint density at radius 1 is 1.60 bits per heavy atom. The molecular formula is C9H18N4O2. The van der Waals surface area contributed by atoms with Gasteiger partial charge in [-0.1, -0.05) is 12.1 Å². The normalized spacial score (nSPS) is 13.0. The molecule has 0 fully saturated rings. The largest absolute Gasteiger partial charge is 0.394 e. The van der Waals surface area contributed by atoms with Crippen LogP contribution in [0.4, 0.5) is 0 Å². The molecule has 86 valence electrons. The monoisotopic (exact) mass is 214 g/mol. The molecule has 1 aromatic heterocycles. The molecule has 0 aliphatic rings. The minimum atomic E-state index is -0.308. The summed E-state index contributed by atoms with van der Waals surface area (Å²) in [4.78, 5) is 0. The Morgan fingerprint density at radius 2 is 2.40 bits per heavy atom. The van der Waals surface area contributed by atoms with Gasteiger partial charge < -0.3 is 15.5 Å². The minimum absolute atomic E-state index is 0.0603. The summed E-state index contributed by atoms with van der Waals surface area (Å²) >= 11 is 0. The lowest BCUT2D eigenvalue weighted by molar-refractivity contribution is 0.167. The van der Waals surface area contributed by atoms with Crippen molar-refractivity contribution in [3.8, 4) is 0 Å². The second-order valence-electron chi connectivity index (χ2n) is 3.39. The molecule has 0 spiro atoms. The van der Waals surface area contributed by atoms with Gasteiger partial charge in [-0.2, -0.15) is 0 Å². The minimum Gasteiger partial charge on any atom is -0.394 e. The van der Waals surface area contributed by atoms with E-state index in [0.29, 0.717) is 19.6 Å². The van der Waals surface area contributed by atoms with Gasteiger partial charge in [-0.3, -0.25) is 0 Å². The molecule has 0 bridgehead atoms. The van der Waals surface area contributed by atoms with Crippen molar-refractivity contribution in [1.29, 1.82) is 0 Å². The molecule has 1 rings (SSSR count). The summed E-state index contributed by atoms with van der Waals surface area (Å²) in [6, 6.07) is 0. The lowest BCUT2D eigenvalue weighted by Crippen LogP contribution is -2.25. The van der Waals surface area contributed by atoms with Crippen LogP contribution in [0.25, 0.3) is 0 Å². The molecule has 1 atom stereocenters. The Labute approximate surface area is 88.9 Å². The molecule has 0 radical (unpaired) electrons. The van der Waals surface area contributed by atoms with Gasteiger partial charge in [-0.25, -0.2) is 4.68 Å². The van der Waals surface area contributed by atoms with E-state index in [4.69, 9.17) is 5.11 Å². The first-order valence-electron chi connectivity index (χ1n) is 5.15. The Hall–Kier alpha value is -0.980. The van der Waals surface area contributed by atoms with Gasteiger partial charge in [-0.15, -0.1) is 5.10 Å². The van der Waals surface area contributed by atoms with Gasteiger partial charge in [-0.05, 0) is 6.42 Å². The van der Waals surface area contributed by atoms with Crippen LogP contribution in [0, 0.1) is 0 Å². The van der Waals surface area contributed by atoms with E-state index in [2.05, 4.69) is 15.6 Å². The molecule has 0 aliphatic heterocycles. The fourth-order valence-corrected chi connectivity index (χ4v) is 1.14. The average molecular weight is 214 g/mol. The number of aliphatic hydroxyl groups is 2. The van der Waals surface area contributed by atoms with Crippen LogP contribution in [0.5, 0.6) is 0 Å². The van der Waals surface area contributed by atoms with E-state index >= 15 is 0 Å². The molecule has 3 N–H and O–H groups in total. The van der Waals surface area contributed by atoms with Crippen molar-refractivity contribution in [2.45, 2.75) is 32.5 Å². The maximum atomic E-state index is 9.29. The quantitative estimate of drug-likeness (QED) is 0.549. The standard InChI is InChI=1S/C9H18N4O2/c1-2-9(15)6-10-5-8-7-13(3-4-14)12-11-8/h7,9-10,14-15H,2-6H2,1H3. The number of aromatic nitrogens is 3. The Bertz CT molecular complexity index is 277. The zero-order valence-corrected chi connectivity index (χ0v) is 8.93. The van der Waals surface area contributed by atoms with Crippen molar-refractivity contribution in [3.63, 3.8) is 0 Å². The summed E-state index contributed by atoms with van der Waals surface area (Å²) in [5, 5.41) is 28.8. The van der Waals surface area contributed by atoms with E-state index in [1.165, 1.54) is 0 Å². The van der Waals surface area contributed by atoms with Gasteiger partial charge in [0.2, 0.25) is 0 Å². The molecular weight excluding hydrogens is 196 g/mol. The van der Waals surface area contributed by atoms with Crippen LogP contribution in [0.1, 0.15) is 19.0 Å². The predicted molar refractivity (Wildman–Crippen MR) is 55.1 cm³/mol. The van der Waals surface area contributed by atoms with Crippen LogP contribution >= 0.6 is 0 Å². The summed E-state index contributed by atoms with van der Waals surface area (Å²) in [7, 11) is 0. The summed E-state index contributed by atoms with van der Waals surface area (Å²) in [6.45, 7) is 3.60. The van der Waals surface area contributed by atoms with Gasteiger partial charge in [0.1, 0.15) is 0 Å². The van der Waals surface area contributed by atoms with E-state index in [0.717, 1.165) is 12.1 Å². The molecule has 6 nitrogen and oxygen atoms in total. The molecule has 1 heterocycles. The van der Waals surface area contributed by atoms with Crippen LogP contribution < -0.4 is 5.32 Å². The summed E-state index contributed by atoms with van der Waals surface area (Å²) in [5.41, 5.74) is 0.812. The summed E-state index contributed by atoms with van der Waals surface area (Å²) < 4.78 is 1.59. The molecule has 0 saturated heterocycles. The predicted octanol–water partition coefficient (Wildman–Crippen LogP) is -0.869. The SMILES string of the molecule is CCC(O)CNCc1cn(CCO)nn1. The maximum absolute atomic E-state index is 9.29. The summed E-state index contributed by atoms with van der Waals surface area (Å²) in [6.07, 6.45) is 2.21. The number of nitrogens with zero attached hydrogens (tertiary/aromatic N) is 3. The van der Waals surface area contributed by atoms with E-state index in [-0.39, 0.29) is 12.7 Å². The topological polar surface area (TPSA) is 83.2 Å². The van der Waals surface area contributed by atoms with Gasteiger partial charge in [0.05, 0.1) is 24.9 Å². The number of aliphatic hydroxyl groups excluding tert-OH is 2. The third kappa shape index (κ3) is 4.37. The first-order valence-corrected chi connectivity index (χ1v) is 5.15. The van der Waals surface area contributed by atoms with Crippen LogP contribution in [0.3, 0.4) is 0 Å². The van der Waals surface area contributed by atoms with Crippen LogP contribution in [-0.2, 0) is 13.1 Å². The van der Waals surface area contributed by atoms with Gasteiger partial charge in [0.25, 0.3) is 0 Å².